The highest BCUT2D eigenvalue weighted by molar-refractivity contribution is 14.0. The first-order valence-electron chi connectivity index (χ1n) is 7.41. The van der Waals surface area contributed by atoms with Crippen LogP contribution in [-0.4, -0.2) is 44.9 Å². The lowest BCUT2D eigenvalue weighted by Crippen LogP contribution is -2.44. The van der Waals surface area contributed by atoms with Gasteiger partial charge in [-0.1, -0.05) is 18.2 Å². The average molecular weight is 421 g/mol. The van der Waals surface area contributed by atoms with Gasteiger partial charge in [-0.15, -0.1) is 24.0 Å². The Bertz CT molecular complexity index is 415. The molecule has 5 nitrogen and oxygen atoms in total. The number of aliphatic imine (C=N–C) groups is 1. The SMILES string of the molecule is CCNC(=NCC(C)Oc1ccccc1)NC(C)COC.I. The summed E-state index contributed by atoms with van der Waals surface area (Å²) in [5.74, 6) is 1.65. The molecule has 0 saturated carbocycles. The van der Waals surface area contributed by atoms with E-state index in [1.54, 1.807) is 7.11 Å². The molecule has 0 aliphatic carbocycles. The fraction of sp³-hybridized carbons (Fsp3) is 0.562. The quantitative estimate of drug-likeness (QED) is 0.385. The largest absolute Gasteiger partial charge is 0.489 e. The third-order valence-corrected chi connectivity index (χ3v) is 2.73. The normalized spacial score (nSPS) is 13.7. The van der Waals surface area contributed by atoms with Crippen molar-refractivity contribution in [2.45, 2.75) is 32.9 Å². The molecule has 1 aromatic rings. The average Bonchev–Trinajstić information content (AvgIpc) is 2.46. The molecule has 0 amide bonds. The van der Waals surface area contributed by atoms with E-state index in [1.165, 1.54) is 0 Å². The van der Waals surface area contributed by atoms with Gasteiger partial charge < -0.3 is 20.1 Å². The molecule has 1 aromatic carbocycles. The minimum absolute atomic E-state index is 0. The molecule has 0 radical (unpaired) electrons. The molecule has 0 aliphatic heterocycles. The van der Waals surface area contributed by atoms with E-state index in [0.717, 1.165) is 18.3 Å². The maximum atomic E-state index is 5.81. The van der Waals surface area contributed by atoms with Crippen molar-refractivity contribution in [2.24, 2.45) is 4.99 Å². The van der Waals surface area contributed by atoms with Crippen molar-refractivity contribution in [3.05, 3.63) is 30.3 Å². The van der Waals surface area contributed by atoms with Crippen molar-refractivity contribution in [2.75, 3.05) is 26.8 Å². The predicted octanol–water partition coefficient (Wildman–Crippen LogP) is 2.66. The molecule has 0 fully saturated rings. The molecule has 0 heterocycles. The highest BCUT2D eigenvalue weighted by Gasteiger charge is 2.07. The molecule has 126 valence electrons. The Balaban J connectivity index is 0.00000441. The first kappa shape index (κ1) is 21.0. The number of guanidine groups is 1. The zero-order valence-corrected chi connectivity index (χ0v) is 16.2. The minimum Gasteiger partial charge on any atom is -0.489 e. The maximum absolute atomic E-state index is 5.81. The number of rotatable bonds is 8. The number of hydrogen-bond acceptors (Lipinski definition) is 3. The molecule has 2 atom stereocenters. The van der Waals surface area contributed by atoms with Crippen LogP contribution in [0, 0.1) is 0 Å². The van der Waals surface area contributed by atoms with Crippen LogP contribution in [0.4, 0.5) is 0 Å². The van der Waals surface area contributed by atoms with Crippen LogP contribution in [0.5, 0.6) is 5.75 Å². The summed E-state index contributed by atoms with van der Waals surface area (Å²) in [7, 11) is 1.69. The number of halogens is 1. The van der Waals surface area contributed by atoms with Gasteiger partial charge in [0.2, 0.25) is 0 Å². The van der Waals surface area contributed by atoms with Crippen LogP contribution in [0.25, 0.3) is 0 Å². The Kier molecular flexibility index (Phi) is 11.9. The Morgan fingerprint density at radius 2 is 1.91 bits per heavy atom. The van der Waals surface area contributed by atoms with E-state index in [2.05, 4.69) is 22.5 Å². The van der Waals surface area contributed by atoms with E-state index in [4.69, 9.17) is 9.47 Å². The Labute approximate surface area is 150 Å². The zero-order valence-electron chi connectivity index (χ0n) is 13.8. The lowest BCUT2D eigenvalue weighted by Gasteiger charge is -2.18. The number of ether oxygens (including phenoxy) is 2. The lowest BCUT2D eigenvalue weighted by atomic mass is 10.3. The first-order valence-corrected chi connectivity index (χ1v) is 7.41. The molecular formula is C16H28IN3O2. The fourth-order valence-corrected chi connectivity index (χ4v) is 1.83. The van der Waals surface area contributed by atoms with Gasteiger partial charge in [0.25, 0.3) is 0 Å². The van der Waals surface area contributed by atoms with Crippen LogP contribution in [0.3, 0.4) is 0 Å². The van der Waals surface area contributed by atoms with E-state index in [9.17, 15) is 0 Å². The maximum Gasteiger partial charge on any atom is 0.191 e. The van der Waals surface area contributed by atoms with E-state index >= 15 is 0 Å². The fourth-order valence-electron chi connectivity index (χ4n) is 1.83. The summed E-state index contributed by atoms with van der Waals surface area (Å²) in [4.78, 5) is 4.55. The van der Waals surface area contributed by atoms with Gasteiger partial charge in [-0.05, 0) is 32.9 Å². The topological polar surface area (TPSA) is 54.9 Å². The molecule has 0 saturated heterocycles. The molecule has 0 bridgehead atoms. The van der Waals surface area contributed by atoms with Crippen LogP contribution < -0.4 is 15.4 Å². The number of benzene rings is 1. The second-order valence-corrected chi connectivity index (χ2v) is 4.96. The van der Waals surface area contributed by atoms with Gasteiger partial charge in [0.15, 0.2) is 5.96 Å². The van der Waals surface area contributed by atoms with Gasteiger partial charge in [0.05, 0.1) is 13.2 Å². The van der Waals surface area contributed by atoms with E-state index in [-0.39, 0.29) is 36.1 Å². The number of nitrogens with one attached hydrogen (secondary N) is 2. The van der Waals surface area contributed by atoms with Gasteiger partial charge in [0.1, 0.15) is 11.9 Å². The monoisotopic (exact) mass is 421 g/mol. The van der Waals surface area contributed by atoms with Gasteiger partial charge in [-0.2, -0.15) is 0 Å². The van der Waals surface area contributed by atoms with Crippen molar-refractivity contribution in [3.63, 3.8) is 0 Å². The molecule has 6 heteroatoms. The number of methoxy groups -OCH3 is 1. The summed E-state index contributed by atoms with van der Waals surface area (Å²) in [5.41, 5.74) is 0. The number of nitrogens with zero attached hydrogens (tertiary/aromatic N) is 1. The standard InChI is InChI=1S/C16H27N3O2.HI/c1-5-17-16(19-13(2)12-20-4)18-11-14(3)21-15-9-7-6-8-10-15;/h6-10,13-14H,5,11-12H2,1-4H3,(H2,17,18,19);1H. The van der Waals surface area contributed by atoms with Crippen LogP contribution in [-0.2, 0) is 4.74 Å². The second kappa shape index (κ2) is 12.5. The minimum atomic E-state index is 0. The molecule has 22 heavy (non-hydrogen) atoms. The van der Waals surface area contributed by atoms with E-state index < -0.39 is 0 Å². The van der Waals surface area contributed by atoms with Gasteiger partial charge in [0, 0.05) is 19.7 Å². The van der Waals surface area contributed by atoms with Crippen molar-refractivity contribution >= 4 is 29.9 Å². The molecule has 0 aromatic heterocycles. The summed E-state index contributed by atoms with van der Waals surface area (Å²) < 4.78 is 10.9. The third-order valence-electron chi connectivity index (χ3n) is 2.73. The van der Waals surface area contributed by atoms with Crippen LogP contribution in [0.15, 0.2) is 35.3 Å². The van der Waals surface area contributed by atoms with E-state index in [0.29, 0.717) is 13.2 Å². The molecule has 2 unspecified atom stereocenters. The summed E-state index contributed by atoms with van der Waals surface area (Å²) in [5, 5.41) is 6.52. The molecule has 1 rings (SSSR count). The highest BCUT2D eigenvalue weighted by atomic mass is 127. The van der Waals surface area contributed by atoms with Crippen molar-refractivity contribution in [1.82, 2.24) is 10.6 Å². The highest BCUT2D eigenvalue weighted by Crippen LogP contribution is 2.10. The second-order valence-electron chi connectivity index (χ2n) is 4.96. The van der Waals surface area contributed by atoms with Gasteiger partial charge in [-0.25, -0.2) is 4.99 Å². The lowest BCUT2D eigenvalue weighted by molar-refractivity contribution is 0.179. The molecular weight excluding hydrogens is 393 g/mol. The Morgan fingerprint density at radius 1 is 1.23 bits per heavy atom. The van der Waals surface area contributed by atoms with E-state index in [1.807, 2.05) is 44.2 Å². The first-order chi connectivity index (χ1) is 10.2. The molecule has 2 N–H and O–H groups in total. The van der Waals surface area contributed by atoms with Gasteiger partial charge in [-0.3, -0.25) is 0 Å². The third kappa shape index (κ3) is 9.09. The molecule has 0 spiro atoms. The summed E-state index contributed by atoms with van der Waals surface area (Å²) in [6.45, 7) is 8.16. The van der Waals surface area contributed by atoms with Crippen LogP contribution in [0.2, 0.25) is 0 Å². The Hall–Kier alpha value is -1.02. The smallest absolute Gasteiger partial charge is 0.191 e. The summed E-state index contributed by atoms with van der Waals surface area (Å²) in [6, 6.07) is 10.00. The van der Waals surface area contributed by atoms with Crippen LogP contribution in [0.1, 0.15) is 20.8 Å². The van der Waals surface area contributed by atoms with Crippen LogP contribution >= 0.6 is 24.0 Å². The Morgan fingerprint density at radius 3 is 2.50 bits per heavy atom. The summed E-state index contributed by atoms with van der Waals surface area (Å²) in [6.07, 6.45) is 0.0144. The molecule has 0 aliphatic rings. The van der Waals surface area contributed by atoms with Crippen molar-refractivity contribution in [3.8, 4) is 5.75 Å². The predicted molar refractivity (Wildman–Crippen MR) is 102 cm³/mol. The summed E-state index contributed by atoms with van der Waals surface area (Å²) >= 11 is 0. The van der Waals surface area contributed by atoms with Crippen molar-refractivity contribution in [1.29, 1.82) is 0 Å². The zero-order chi connectivity index (χ0) is 15.5. The number of hydrogen-bond donors (Lipinski definition) is 2. The van der Waals surface area contributed by atoms with Gasteiger partial charge >= 0.3 is 0 Å². The van der Waals surface area contributed by atoms with Crippen molar-refractivity contribution < 1.29 is 9.47 Å². The number of para-hydroxylation sites is 1.